The molecule has 0 bridgehead atoms. The minimum Gasteiger partial charge on any atom is -0.457 e. The van der Waals surface area contributed by atoms with Crippen molar-refractivity contribution in [3.63, 3.8) is 0 Å². The smallest absolute Gasteiger partial charge is 0.130 e. The van der Waals surface area contributed by atoms with Crippen molar-refractivity contribution in [2.45, 2.75) is 12.3 Å². The van der Waals surface area contributed by atoms with E-state index < -0.39 is 0 Å². The van der Waals surface area contributed by atoms with Crippen LogP contribution in [0.4, 0.5) is 4.39 Å². The molecule has 0 spiro atoms. The molecule has 0 aromatic heterocycles. The lowest BCUT2D eigenvalue weighted by Crippen LogP contribution is -1.89. The lowest BCUT2D eigenvalue weighted by atomic mass is 10.1. The van der Waals surface area contributed by atoms with Gasteiger partial charge in [-0.05, 0) is 36.2 Å². The lowest BCUT2D eigenvalue weighted by Gasteiger charge is -2.09. The van der Waals surface area contributed by atoms with Gasteiger partial charge in [0.1, 0.15) is 17.3 Å². The second kappa shape index (κ2) is 5.32. The first-order chi connectivity index (χ1) is 8.19. The summed E-state index contributed by atoms with van der Waals surface area (Å²) in [5.74, 6) is 0.970. The summed E-state index contributed by atoms with van der Waals surface area (Å²) in [6, 6.07) is 12.1. The van der Waals surface area contributed by atoms with Gasteiger partial charge in [0.15, 0.2) is 0 Å². The Bertz CT molecular complexity index is 525. The summed E-state index contributed by atoms with van der Waals surface area (Å²) in [6.07, 6.45) is 0. The summed E-state index contributed by atoms with van der Waals surface area (Å²) in [6.45, 7) is 1.97. The van der Waals surface area contributed by atoms with Crippen LogP contribution < -0.4 is 4.74 Å². The SMILES string of the molecule is Cc1cc(CBr)ccc1Oc1cccc(F)c1. The lowest BCUT2D eigenvalue weighted by molar-refractivity contribution is 0.473. The Morgan fingerprint density at radius 3 is 2.65 bits per heavy atom. The summed E-state index contributed by atoms with van der Waals surface area (Å²) in [5, 5.41) is 0.814. The van der Waals surface area contributed by atoms with Gasteiger partial charge in [0.05, 0.1) is 0 Å². The van der Waals surface area contributed by atoms with Gasteiger partial charge in [-0.3, -0.25) is 0 Å². The van der Waals surface area contributed by atoms with E-state index in [0.717, 1.165) is 16.6 Å². The Hall–Kier alpha value is -1.35. The van der Waals surface area contributed by atoms with Gasteiger partial charge in [0.25, 0.3) is 0 Å². The monoisotopic (exact) mass is 294 g/mol. The fourth-order valence-corrected chi connectivity index (χ4v) is 1.92. The van der Waals surface area contributed by atoms with E-state index in [4.69, 9.17) is 4.74 Å². The third kappa shape index (κ3) is 3.07. The van der Waals surface area contributed by atoms with Gasteiger partial charge >= 0.3 is 0 Å². The molecule has 0 aliphatic rings. The minimum atomic E-state index is -0.294. The molecule has 0 aliphatic heterocycles. The van der Waals surface area contributed by atoms with Crippen molar-refractivity contribution in [3.8, 4) is 11.5 Å². The van der Waals surface area contributed by atoms with Crippen LogP contribution in [0.2, 0.25) is 0 Å². The first-order valence-electron chi connectivity index (χ1n) is 5.28. The fraction of sp³-hybridized carbons (Fsp3) is 0.143. The van der Waals surface area contributed by atoms with Gasteiger partial charge in [-0.2, -0.15) is 0 Å². The van der Waals surface area contributed by atoms with Crippen LogP contribution in [-0.4, -0.2) is 0 Å². The Kier molecular flexibility index (Phi) is 3.79. The summed E-state index contributed by atoms with van der Waals surface area (Å²) in [5.41, 5.74) is 2.22. The first-order valence-corrected chi connectivity index (χ1v) is 6.40. The van der Waals surface area contributed by atoms with Crippen molar-refractivity contribution in [2.24, 2.45) is 0 Å². The Morgan fingerprint density at radius 2 is 2.00 bits per heavy atom. The zero-order valence-corrected chi connectivity index (χ0v) is 11.0. The molecule has 0 fully saturated rings. The normalized spacial score (nSPS) is 10.3. The van der Waals surface area contributed by atoms with Crippen molar-refractivity contribution in [1.82, 2.24) is 0 Å². The Labute approximate surface area is 108 Å². The number of rotatable bonds is 3. The van der Waals surface area contributed by atoms with E-state index in [9.17, 15) is 4.39 Å². The van der Waals surface area contributed by atoms with Crippen molar-refractivity contribution in [3.05, 3.63) is 59.4 Å². The third-order valence-corrected chi connectivity index (χ3v) is 3.07. The van der Waals surface area contributed by atoms with Crippen LogP contribution in [0.25, 0.3) is 0 Å². The quantitative estimate of drug-likeness (QED) is 0.737. The maximum Gasteiger partial charge on any atom is 0.130 e. The van der Waals surface area contributed by atoms with Crippen LogP contribution in [-0.2, 0) is 5.33 Å². The van der Waals surface area contributed by atoms with Gasteiger partial charge < -0.3 is 4.74 Å². The molecule has 0 saturated heterocycles. The van der Waals surface area contributed by atoms with Crippen molar-refractivity contribution in [2.75, 3.05) is 0 Å². The molecule has 1 nitrogen and oxygen atoms in total. The maximum absolute atomic E-state index is 13.0. The molecule has 0 N–H and O–H groups in total. The van der Waals surface area contributed by atoms with E-state index in [1.807, 2.05) is 25.1 Å². The average molecular weight is 295 g/mol. The predicted octanol–water partition coefficient (Wildman–Crippen LogP) is 4.82. The van der Waals surface area contributed by atoms with Gasteiger partial charge in [0.2, 0.25) is 0 Å². The van der Waals surface area contributed by atoms with Crippen molar-refractivity contribution >= 4 is 15.9 Å². The number of halogens is 2. The van der Waals surface area contributed by atoms with E-state index in [1.165, 1.54) is 17.7 Å². The molecular formula is C14H12BrFO. The van der Waals surface area contributed by atoms with Crippen molar-refractivity contribution < 1.29 is 9.13 Å². The predicted molar refractivity (Wildman–Crippen MR) is 70.3 cm³/mol. The summed E-state index contributed by atoms with van der Waals surface area (Å²) >= 11 is 3.40. The molecule has 2 aromatic carbocycles. The van der Waals surface area contributed by atoms with E-state index in [0.29, 0.717) is 5.75 Å². The molecule has 88 valence electrons. The minimum absolute atomic E-state index is 0.294. The van der Waals surface area contributed by atoms with Crippen LogP contribution in [0, 0.1) is 12.7 Å². The zero-order valence-electron chi connectivity index (χ0n) is 9.41. The molecule has 2 aromatic rings. The molecular weight excluding hydrogens is 283 g/mol. The number of aryl methyl sites for hydroxylation is 1. The molecule has 0 saturated carbocycles. The summed E-state index contributed by atoms with van der Waals surface area (Å²) in [4.78, 5) is 0. The maximum atomic E-state index is 13.0. The van der Waals surface area contributed by atoms with Crippen LogP contribution in [0.15, 0.2) is 42.5 Å². The largest absolute Gasteiger partial charge is 0.457 e. The third-order valence-electron chi connectivity index (χ3n) is 2.42. The van der Waals surface area contributed by atoms with Crippen molar-refractivity contribution in [1.29, 1.82) is 0 Å². The second-order valence-corrected chi connectivity index (χ2v) is 4.35. The number of ether oxygens (including phenoxy) is 1. The van der Waals surface area contributed by atoms with Crippen LogP contribution in [0.1, 0.15) is 11.1 Å². The highest BCUT2D eigenvalue weighted by atomic mass is 79.9. The molecule has 2 rings (SSSR count). The first kappa shape index (κ1) is 12.1. The molecule has 0 aliphatic carbocycles. The number of benzene rings is 2. The van der Waals surface area contributed by atoms with Gasteiger partial charge in [-0.15, -0.1) is 0 Å². The van der Waals surface area contributed by atoms with E-state index >= 15 is 0 Å². The van der Waals surface area contributed by atoms with E-state index in [-0.39, 0.29) is 5.82 Å². The highest BCUT2D eigenvalue weighted by Gasteiger charge is 2.03. The second-order valence-electron chi connectivity index (χ2n) is 3.79. The number of alkyl halides is 1. The van der Waals surface area contributed by atoms with E-state index in [2.05, 4.69) is 15.9 Å². The highest BCUT2D eigenvalue weighted by molar-refractivity contribution is 9.08. The number of hydrogen-bond donors (Lipinski definition) is 0. The van der Waals surface area contributed by atoms with E-state index in [1.54, 1.807) is 12.1 Å². The molecule has 0 radical (unpaired) electrons. The molecule has 17 heavy (non-hydrogen) atoms. The molecule has 0 unspecified atom stereocenters. The zero-order chi connectivity index (χ0) is 12.3. The molecule has 0 heterocycles. The van der Waals surface area contributed by atoms with Crippen LogP contribution in [0.5, 0.6) is 11.5 Å². The summed E-state index contributed by atoms with van der Waals surface area (Å²) < 4.78 is 18.6. The average Bonchev–Trinajstić information content (AvgIpc) is 2.32. The van der Waals surface area contributed by atoms with Gasteiger partial charge in [-0.25, -0.2) is 4.39 Å². The fourth-order valence-electron chi connectivity index (χ4n) is 1.57. The number of hydrogen-bond acceptors (Lipinski definition) is 1. The van der Waals surface area contributed by atoms with Crippen LogP contribution in [0.3, 0.4) is 0 Å². The summed E-state index contributed by atoms with van der Waals surface area (Å²) in [7, 11) is 0. The molecule has 3 heteroatoms. The topological polar surface area (TPSA) is 9.23 Å². The van der Waals surface area contributed by atoms with Gasteiger partial charge in [0, 0.05) is 11.4 Å². The van der Waals surface area contributed by atoms with Crippen LogP contribution >= 0.6 is 15.9 Å². The van der Waals surface area contributed by atoms with Gasteiger partial charge in [-0.1, -0.05) is 34.1 Å². The molecule has 0 atom stereocenters. The highest BCUT2D eigenvalue weighted by Crippen LogP contribution is 2.26. The standard InChI is InChI=1S/C14H12BrFO/c1-10-7-11(9-15)5-6-14(10)17-13-4-2-3-12(16)8-13/h2-8H,9H2,1H3. The Morgan fingerprint density at radius 1 is 1.18 bits per heavy atom. The Balaban J connectivity index is 2.24. The molecule has 0 amide bonds.